The number of hydrogen-bond donors (Lipinski definition) is 1. The van der Waals surface area contributed by atoms with E-state index < -0.39 is 11.7 Å². The monoisotopic (exact) mass is 433 g/mol. The minimum atomic E-state index is -4.34. The van der Waals surface area contributed by atoms with Crippen molar-refractivity contribution in [2.24, 2.45) is 0 Å². The molecular weight excluding hydrogens is 419 g/mol. The van der Waals surface area contributed by atoms with E-state index >= 15 is 0 Å². The third kappa shape index (κ3) is 4.65. The molecule has 0 fully saturated rings. The Morgan fingerprint density at radius 2 is 1.76 bits per heavy atom. The topological polar surface area (TPSA) is 67.3 Å². The van der Waals surface area contributed by atoms with Crippen molar-refractivity contribution in [1.82, 2.24) is 25.6 Å². The van der Waals surface area contributed by atoms with Gasteiger partial charge < -0.3 is 0 Å². The molecule has 0 amide bonds. The van der Waals surface area contributed by atoms with Gasteiger partial charge in [0.05, 0.1) is 15.5 Å². The van der Waals surface area contributed by atoms with Crippen LogP contribution in [0.5, 0.6) is 0 Å². The molecule has 0 saturated heterocycles. The maximum absolute atomic E-state index is 12.7. The lowest BCUT2D eigenvalue weighted by atomic mass is 10.1. The van der Waals surface area contributed by atoms with E-state index in [0.29, 0.717) is 22.8 Å². The number of aromatic amines is 1. The van der Waals surface area contributed by atoms with Gasteiger partial charge in [-0.3, -0.25) is 0 Å². The van der Waals surface area contributed by atoms with E-state index in [1.807, 2.05) is 31.2 Å². The second-order valence-corrected chi connectivity index (χ2v) is 8.56. The van der Waals surface area contributed by atoms with Crippen LogP contribution in [0.15, 0.2) is 57.6 Å². The predicted molar refractivity (Wildman–Crippen MR) is 105 cm³/mol. The number of halogens is 3. The van der Waals surface area contributed by atoms with Gasteiger partial charge >= 0.3 is 6.18 Å². The molecule has 2 aromatic carbocycles. The Hall–Kier alpha value is -2.72. The SMILES string of the molecule is Cc1nc(-c2ccc(C(F)(F)F)cc2)sc1Sc1ccc(Cc2nn[nH]n2)cc1. The van der Waals surface area contributed by atoms with Gasteiger partial charge in [0.1, 0.15) is 5.01 Å². The normalized spacial score (nSPS) is 11.7. The van der Waals surface area contributed by atoms with Gasteiger partial charge in [-0.25, -0.2) is 4.98 Å². The molecule has 0 aliphatic rings. The van der Waals surface area contributed by atoms with Crippen molar-refractivity contribution < 1.29 is 13.2 Å². The minimum Gasteiger partial charge on any atom is -0.240 e. The number of nitrogens with one attached hydrogen (secondary N) is 1. The van der Waals surface area contributed by atoms with E-state index in [-0.39, 0.29) is 0 Å². The lowest BCUT2D eigenvalue weighted by Crippen LogP contribution is -2.03. The molecule has 10 heteroatoms. The van der Waals surface area contributed by atoms with Crippen molar-refractivity contribution in [2.75, 3.05) is 0 Å². The molecular formula is C19H14F3N5S2. The van der Waals surface area contributed by atoms with Gasteiger partial charge in [0, 0.05) is 16.9 Å². The second-order valence-electron chi connectivity index (χ2n) is 6.22. The van der Waals surface area contributed by atoms with Gasteiger partial charge in [0.2, 0.25) is 0 Å². The molecule has 0 aliphatic carbocycles. The largest absolute Gasteiger partial charge is 0.416 e. The number of aromatic nitrogens is 5. The summed E-state index contributed by atoms with van der Waals surface area (Å²) in [7, 11) is 0. The molecule has 0 radical (unpaired) electrons. The number of nitrogens with zero attached hydrogens (tertiary/aromatic N) is 4. The summed E-state index contributed by atoms with van der Waals surface area (Å²) in [6.45, 7) is 1.90. The third-order valence-corrected chi connectivity index (χ3v) is 6.59. The molecule has 5 nitrogen and oxygen atoms in total. The first-order valence-corrected chi connectivity index (χ1v) is 10.2. The van der Waals surface area contributed by atoms with Crippen molar-refractivity contribution >= 4 is 23.1 Å². The first-order chi connectivity index (χ1) is 13.9. The molecule has 4 rings (SSSR count). The molecule has 29 heavy (non-hydrogen) atoms. The first kappa shape index (κ1) is 19.6. The number of hydrogen-bond acceptors (Lipinski definition) is 6. The van der Waals surface area contributed by atoms with Crippen LogP contribution in [0.25, 0.3) is 10.6 Å². The Labute approximate surface area is 172 Å². The number of H-pyrrole nitrogens is 1. The summed E-state index contributed by atoms with van der Waals surface area (Å²) in [5.41, 5.74) is 1.94. The van der Waals surface area contributed by atoms with Crippen LogP contribution in [0.1, 0.15) is 22.6 Å². The fourth-order valence-electron chi connectivity index (χ4n) is 2.62. The van der Waals surface area contributed by atoms with E-state index in [1.54, 1.807) is 11.8 Å². The summed E-state index contributed by atoms with van der Waals surface area (Å²) >= 11 is 3.05. The zero-order valence-corrected chi connectivity index (χ0v) is 16.7. The number of tetrazole rings is 1. The second kappa shape index (κ2) is 7.96. The predicted octanol–water partition coefficient (Wildman–Crippen LogP) is 5.39. The number of benzene rings is 2. The zero-order valence-electron chi connectivity index (χ0n) is 15.1. The summed E-state index contributed by atoms with van der Waals surface area (Å²) < 4.78 is 39.2. The summed E-state index contributed by atoms with van der Waals surface area (Å²) in [5, 5.41) is 14.6. The highest BCUT2D eigenvalue weighted by molar-refractivity contribution is 8.01. The van der Waals surface area contributed by atoms with Crippen LogP contribution in [0.3, 0.4) is 0 Å². The van der Waals surface area contributed by atoms with Gasteiger partial charge in [-0.05, 0) is 36.8 Å². The highest BCUT2D eigenvalue weighted by Gasteiger charge is 2.30. The number of alkyl halides is 3. The molecule has 0 spiro atoms. The van der Waals surface area contributed by atoms with Crippen LogP contribution in [-0.2, 0) is 12.6 Å². The van der Waals surface area contributed by atoms with Crippen LogP contribution < -0.4 is 0 Å². The molecule has 1 N–H and O–H groups in total. The van der Waals surface area contributed by atoms with Crippen LogP contribution in [-0.4, -0.2) is 25.6 Å². The van der Waals surface area contributed by atoms with Crippen molar-refractivity contribution in [3.8, 4) is 10.6 Å². The van der Waals surface area contributed by atoms with Crippen LogP contribution >= 0.6 is 23.1 Å². The van der Waals surface area contributed by atoms with E-state index in [2.05, 4.69) is 25.6 Å². The molecule has 0 saturated carbocycles. The molecule has 2 heterocycles. The lowest BCUT2D eigenvalue weighted by Gasteiger charge is -2.06. The smallest absolute Gasteiger partial charge is 0.240 e. The average Bonchev–Trinajstić information content (AvgIpc) is 3.33. The fourth-order valence-corrected chi connectivity index (χ4v) is 4.80. The van der Waals surface area contributed by atoms with E-state index in [1.165, 1.54) is 23.5 Å². The number of thiazole rings is 1. The van der Waals surface area contributed by atoms with E-state index in [0.717, 1.165) is 32.5 Å². The van der Waals surface area contributed by atoms with E-state index in [9.17, 15) is 13.2 Å². The van der Waals surface area contributed by atoms with Gasteiger partial charge in [0.15, 0.2) is 5.82 Å². The van der Waals surface area contributed by atoms with Crippen molar-refractivity contribution in [3.05, 3.63) is 71.2 Å². The molecule has 148 valence electrons. The Balaban J connectivity index is 1.48. The number of aryl methyl sites for hydroxylation is 1. The minimum absolute atomic E-state index is 0.596. The van der Waals surface area contributed by atoms with Crippen LogP contribution in [0.2, 0.25) is 0 Å². The molecule has 0 unspecified atom stereocenters. The van der Waals surface area contributed by atoms with Gasteiger partial charge in [-0.1, -0.05) is 41.2 Å². The van der Waals surface area contributed by atoms with Gasteiger partial charge in [-0.15, -0.1) is 21.5 Å². The quantitative estimate of drug-likeness (QED) is 0.457. The van der Waals surface area contributed by atoms with Gasteiger partial charge in [-0.2, -0.15) is 18.4 Å². The van der Waals surface area contributed by atoms with Crippen LogP contribution in [0, 0.1) is 6.92 Å². The summed E-state index contributed by atoms with van der Waals surface area (Å²) in [6.07, 6.45) is -3.74. The van der Waals surface area contributed by atoms with Crippen molar-refractivity contribution in [2.45, 2.75) is 28.6 Å². The molecule has 0 atom stereocenters. The van der Waals surface area contributed by atoms with E-state index in [4.69, 9.17) is 0 Å². The summed E-state index contributed by atoms with van der Waals surface area (Å²) in [6, 6.07) is 13.1. The summed E-state index contributed by atoms with van der Waals surface area (Å²) in [5.74, 6) is 0.630. The van der Waals surface area contributed by atoms with Crippen LogP contribution in [0.4, 0.5) is 13.2 Å². The van der Waals surface area contributed by atoms with Gasteiger partial charge in [0.25, 0.3) is 0 Å². The number of rotatable bonds is 5. The maximum Gasteiger partial charge on any atom is 0.416 e. The standard InChI is InChI=1S/C19H14F3N5S2/c1-11-18(28-15-8-2-12(3-9-15)10-16-24-26-27-25-16)29-17(23-11)13-4-6-14(7-5-13)19(20,21)22/h2-9H,10H2,1H3,(H,24,25,26,27). The Bertz CT molecular complexity index is 1090. The Kier molecular flexibility index (Phi) is 5.37. The van der Waals surface area contributed by atoms with Crippen molar-refractivity contribution in [3.63, 3.8) is 0 Å². The highest BCUT2D eigenvalue weighted by Crippen LogP contribution is 2.39. The summed E-state index contributed by atoms with van der Waals surface area (Å²) in [4.78, 5) is 5.57. The maximum atomic E-state index is 12.7. The molecule has 0 aliphatic heterocycles. The first-order valence-electron chi connectivity index (χ1n) is 8.52. The Morgan fingerprint density at radius 1 is 1.03 bits per heavy atom. The molecule has 4 aromatic rings. The van der Waals surface area contributed by atoms with Crippen molar-refractivity contribution in [1.29, 1.82) is 0 Å². The molecule has 0 bridgehead atoms. The zero-order chi connectivity index (χ0) is 20.4. The average molecular weight is 433 g/mol. The molecule has 2 aromatic heterocycles. The highest BCUT2D eigenvalue weighted by atomic mass is 32.2. The lowest BCUT2D eigenvalue weighted by molar-refractivity contribution is -0.137. The third-order valence-electron chi connectivity index (χ3n) is 4.10. The Morgan fingerprint density at radius 3 is 2.38 bits per heavy atom. The fraction of sp³-hybridized carbons (Fsp3) is 0.158.